The maximum atomic E-state index is 10.3. The SMILES string of the molecule is OC(Cc1ccc(Br)cc1)c1ccc2nccnc2c1. The lowest BCUT2D eigenvalue weighted by Crippen LogP contribution is -2.02. The fourth-order valence-electron chi connectivity index (χ4n) is 2.15. The first kappa shape index (κ1) is 13.2. The van der Waals surface area contributed by atoms with E-state index in [9.17, 15) is 5.11 Å². The lowest BCUT2D eigenvalue weighted by Gasteiger charge is -2.11. The van der Waals surface area contributed by atoms with Crippen molar-refractivity contribution in [2.45, 2.75) is 12.5 Å². The summed E-state index contributed by atoms with van der Waals surface area (Å²) in [5.74, 6) is 0. The smallest absolute Gasteiger partial charge is 0.0890 e. The molecule has 1 N–H and O–H groups in total. The van der Waals surface area contributed by atoms with Gasteiger partial charge in [-0.15, -0.1) is 0 Å². The summed E-state index contributed by atoms with van der Waals surface area (Å²) in [6, 6.07) is 13.7. The Morgan fingerprint density at radius 2 is 1.65 bits per heavy atom. The molecule has 0 aliphatic carbocycles. The molecule has 3 rings (SSSR count). The maximum Gasteiger partial charge on any atom is 0.0890 e. The summed E-state index contributed by atoms with van der Waals surface area (Å²) in [5, 5.41) is 10.3. The van der Waals surface area contributed by atoms with Crippen LogP contribution in [-0.4, -0.2) is 15.1 Å². The van der Waals surface area contributed by atoms with Gasteiger partial charge in [0.05, 0.1) is 17.1 Å². The summed E-state index contributed by atoms with van der Waals surface area (Å²) < 4.78 is 1.04. The van der Waals surface area contributed by atoms with E-state index in [1.807, 2.05) is 42.5 Å². The second-order valence-corrected chi connectivity index (χ2v) is 5.57. The quantitative estimate of drug-likeness (QED) is 0.797. The van der Waals surface area contributed by atoms with Gasteiger partial charge in [-0.3, -0.25) is 9.97 Å². The first-order chi connectivity index (χ1) is 9.72. The van der Waals surface area contributed by atoms with E-state index >= 15 is 0 Å². The van der Waals surface area contributed by atoms with Gasteiger partial charge in [0.1, 0.15) is 0 Å². The Hall–Kier alpha value is -1.78. The molecule has 1 unspecified atom stereocenters. The van der Waals surface area contributed by atoms with E-state index in [4.69, 9.17) is 0 Å². The molecule has 0 saturated heterocycles. The number of aromatic nitrogens is 2. The molecule has 0 saturated carbocycles. The van der Waals surface area contributed by atoms with E-state index in [2.05, 4.69) is 25.9 Å². The summed E-state index contributed by atoms with van der Waals surface area (Å²) in [5.41, 5.74) is 3.60. The van der Waals surface area contributed by atoms with Crippen molar-refractivity contribution in [2.24, 2.45) is 0 Å². The number of fused-ring (bicyclic) bond motifs is 1. The van der Waals surface area contributed by atoms with Crippen LogP contribution >= 0.6 is 15.9 Å². The monoisotopic (exact) mass is 328 g/mol. The molecule has 0 aliphatic heterocycles. The molecule has 0 radical (unpaired) electrons. The lowest BCUT2D eigenvalue weighted by molar-refractivity contribution is 0.178. The van der Waals surface area contributed by atoms with Crippen molar-refractivity contribution in [3.63, 3.8) is 0 Å². The summed E-state index contributed by atoms with van der Waals surface area (Å²) >= 11 is 3.41. The van der Waals surface area contributed by atoms with Crippen LogP contribution in [0.2, 0.25) is 0 Å². The molecule has 1 heterocycles. The lowest BCUT2D eigenvalue weighted by atomic mass is 10.0. The predicted octanol–water partition coefficient (Wildman–Crippen LogP) is 3.67. The minimum absolute atomic E-state index is 0.539. The Kier molecular flexibility index (Phi) is 3.76. The molecule has 0 fully saturated rings. The van der Waals surface area contributed by atoms with Gasteiger partial charge in [-0.25, -0.2) is 0 Å². The molecule has 20 heavy (non-hydrogen) atoms. The van der Waals surface area contributed by atoms with E-state index < -0.39 is 6.10 Å². The molecule has 0 aliphatic rings. The number of rotatable bonds is 3. The maximum absolute atomic E-state index is 10.3. The standard InChI is InChI=1S/C16H13BrN2O/c17-13-4-1-11(2-5-13)9-16(20)12-3-6-14-15(10-12)19-8-7-18-14/h1-8,10,16,20H,9H2. The summed E-state index contributed by atoms with van der Waals surface area (Å²) in [6.07, 6.45) is 3.37. The fraction of sp³-hybridized carbons (Fsp3) is 0.125. The average molecular weight is 329 g/mol. The van der Waals surface area contributed by atoms with Crippen LogP contribution < -0.4 is 0 Å². The highest BCUT2D eigenvalue weighted by atomic mass is 79.9. The minimum Gasteiger partial charge on any atom is -0.388 e. The average Bonchev–Trinajstić information content (AvgIpc) is 2.49. The van der Waals surface area contributed by atoms with Crippen molar-refractivity contribution >= 4 is 27.0 Å². The van der Waals surface area contributed by atoms with Gasteiger partial charge < -0.3 is 5.11 Å². The zero-order valence-corrected chi connectivity index (χ0v) is 12.3. The van der Waals surface area contributed by atoms with Crippen molar-refractivity contribution in [1.82, 2.24) is 9.97 Å². The van der Waals surface area contributed by atoms with Gasteiger partial charge in [0.15, 0.2) is 0 Å². The van der Waals surface area contributed by atoms with Gasteiger partial charge >= 0.3 is 0 Å². The number of benzene rings is 2. The number of hydrogen-bond donors (Lipinski definition) is 1. The molecular weight excluding hydrogens is 316 g/mol. The third kappa shape index (κ3) is 2.86. The number of hydrogen-bond acceptors (Lipinski definition) is 3. The topological polar surface area (TPSA) is 46.0 Å². The molecule has 0 bridgehead atoms. The molecule has 0 spiro atoms. The Morgan fingerprint density at radius 1 is 0.950 bits per heavy atom. The molecule has 1 aromatic heterocycles. The molecule has 0 amide bonds. The number of aliphatic hydroxyl groups is 1. The molecule has 2 aromatic carbocycles. The van der Waals surface area contributed by atoms with Crippen LogP contribution in [0.15, 0.2) is 59.3 Å². The molecule has 1 atom stereocenters. The van der Waals surface area contributed by atoms with Crippen LogP contribution in [0.4, 0.5) is 0 Å². The van der Waals surface area contributed by atoms with E-state index in [0.717, 1.165) is 26.6 Å². The molecule has 100 valence electrons. The first-order valence-electron chi connectivity index (χ1n) is 6.35. The third-order valence-electron chi connectivity index (χ3n) is 3.22. The highest BCUT2D eigenvalue weighted by Gasteiger charge is 2.10. The Bertz CT molecular complexity index is 728. The zero-order chi connectivity index (χ0) is 13.9. The van der Waals surface area contributed by atoms with Gasteiger partial charge in [0.25, 0.3) is 0 Å². The number of nitrogens with zero attached hydrogens (tertiary/aromatic N) is 2. The van der Waals surface area contributed by atoms with Gasteiger partial charge in [-0.05, 0) is 35.4 Å². The largest absolute Gasteiger partial charge is 0.388 e. The summed E-state index contributed by atoms with van der Waals surface area (Å²) in [4.78, 5) is 8.49. The van der Waals surface area contributed by atoms with E-state index in [1.165, 1.54) is 0 Å². The number of halogens is 1. The molecule has 4 heteroatoms. The predicted molar refractivity (Wildman–Crippen MR) is 82.3 cm³/mol. The Labute approximate surface area is 125 Å². The summed E-state index contributed by atoms with van der Waals surface area (Å²) in [7, 11) is 0. The van der Waals surface area contributed by atoms with Crippen molar-refractivity contribution in [2.75, 3.05) is 0 Å². The van der Waals surface area contributed by atoms with Crippen molar-refractivity contribution in [3.8, 4) is 0 Å². The van der Waals surface area contributed by atoms with Crippen LogP contribution in [0, 0.1) is 0 Å². The van der Waals surface area contributed by atoms with Crippen LogP contribution in [0.25, 0.3) is 11.0 Å². The Balaban J connectivity index is 1.84. The third-order valence-corrected chi connectivity index (χ3v) is 3.75. The van der Waals surface area contributed by atoms with Gasteiger partial charge in [-0.2, -0.15) is 0 Å². The molecule has 3 nitrogen and oxygen atoms in total. The van der Waals surface area contributed by atoms with E-state index in [0.29, 0.717) is 6.42 Å². The van der Waals surface area contributed by atoms with Crippen LogP contribution in [0.5, 0.6) is 0 Å². The molecular formula is C16H13BrN2O. The van der Waals surface area contributed by atoms with Gasteiger partial charge in [-0.1, -0.05) is 34.1 Å². The van der Waals surface area contributed by atoms with Crippen LogP contribution in [0.3, 0.4) is 0 Å². The molecule has 3 aromatic rings. The first-order valence-corrected chi connectivity index (χ1v) is 7.15. The van der Waals surface area contributed by atoms with Gasteiger partial charge in [0, 0.05) is 23.3 Å². The fourth-order valence-corrected chi connectivity index (χ4v) is 2.41. The van der Waals surface area contributed by atoms with Gasteiger partial charge in [0.2, 0.25) is 0 Å². The minimum atomic E-state index is -0.539. The number of aliphatic hydroxyl groups excluding tert-OH is 1. The highest BCUT2D eigenvalue weighted by Crippen LogP contribution is 2.22. The van der Waals surface area contributed by atoms with E-state index in [-0.39, 0.29) is 0 Å². The van der Waals surface area contributed by atoms with E-state index in [1.54, 1.807) is 12.4 Å². The van der Waals surface area contributed by atoms with Crippen molar-refractivity contribution in [3.05, 3.63) is 70.5 Å². The summed E-state index contributed by atoms with van der Waals surface area (Å²) in [6.45, 7) is 0. The second-order valence-electron chi connectivity index (χ2n) is 4.65. The van der Waals surface area contributed by atoms with Crippen molar-refractivity contribution in [1.29, 1.82) is 0 Å². The highest BCUT2D eigenvalue weighted by molar-refractivity contribution is 9.10. The van der Waals surface area contributed by atoms with Crippen molar-refractivity contribution < 1.29 is 5.11 Å². The zero-order valence-electron chi connectivity index (χ0n) is 10.7. The Morgan fingerprint density at radius 3 is 2.40 bits per heavy atom. The van der Waals surface area contributed by atoms with Crippen LogP contribution in [0.1, 0.15) is 17.2 Å². The second kappa shape index (κ2) is 5.69. The normalized spacial score (nSPS) is 12.5. The van der Waals surface area contributed by atoms with Crippen LogP contribution in [-0.2, 0) is 6.42 Å².